The zero-order valence-electron chi connectivity index (χ0n) is 10.5. The molecule has 0 aromatic heterocycles. The van der Waals surface area contributed by atoms with Gasteiger partial charge in [-0.1, -0.05) is 26.7 Å². The molecule has 0 bridgehead atoms. The molecule has 0 spiro atoms. The van der Waals surface area contributed by atoms with E-state index < -0.39 is 0 Å². The van der Waals surface area contributed by atoms with Crippen molar-refractivity contribution in [3.63, 3.8) is 0 Å². The Morgan fingerprint density at radius 3 is 2.50 bits per heavy atom. The Hall–Kier alpha value is -0.730. The Kier molecular flexibility index (Phi) is 3.72. The van der Waals surface area contributed by atoms with E-state index in [1.807, 2.05) is 4.90 Å². The fourth-order valence-corrected chi connectivity index (χ4v) is 2.96. The van der Waals surface area contributed by atoms with Gasteiger partial charge in [-0.2, -0.15) is 0 Å². The first-order valence-corrected chi connectivity index (χ1v) is 6.74. The normalized spacial score (nSPS) is 35.1. The van der Waals surface area contributed by atoms with Crippen molar-refractivity contribution in [2.24, 2.45) is 11.8 Å². The van der Waals surface area contributed by atoms with Crippen LogP contribution in [0.15, 0.2) is 0 Å². The van der Waals surface area contributed by atoms with Crippen LogP contribution in [0.5, 0.6) is 0 Å². The lowest BCUT2D eigenvalue weighted by molar-refractivity contribution is 0.175. The Morgan fingerprint density at radius 1 is 1.12 bits per heavy atom. The number of likely N-dealkylation sites (tertiary alicyclic amines) is 1. The zero-order valence-corrected chi connectivity index (χ0v) is 10.5. The molecule has 2 fully saturated rings. The molecule has 0 radical (unpaired) electrons. The van der Waals surface area contributed by atoms with Crippen LogP contribution in [0.25, 0.3) is 0 Å². The summed E-state index contributed by atoms with van der Waals surface area (Å²) in [4.78, 5) is 13.9. The molecule has 0 aromatic carbocycles. The van der Waals surface area contributed by atoms with Gasteiger partial charge in [-0.25, -0.2) is 4.79 Å². The lowest BCUT2D eigenvalue weighted by Crippen LogP contribution is -2.48. The van der Waals surface area contributed by atoms with Gasteiger partial charge in [-0.3, -0.25) is 0 Å². The van der Waals surface area contributed by atoms with Crippen LogP contribution in [0, 0.1) is 11.8 Å². The van der Waals surface area contributed by atoms with Gasteiger partial charge in [0.15, 0.2) is 0 Å². The Bertz CT molecular complexity index is 248. The van der Waals surface area contributed by atoms with Crippen LogP contribution >= 0.6 is 0 Å². The van der Waals surface area contributed by atoms with Gasteiger partial charge in [0.1, 0.15) is 0 Å². The van der Waals surface area contributed by atoms with Crippen molar-refractivity contribution in [3.8, 4) is 0 Å². The molecule has 1 N–H and O–H groups in total. The third kappa shape index (κ3) is 2.50. The maximum Gasteiger partial charge on any atom is 0.317 e. The number of nitrogens with zero attached hydrogens (tertiary/aromatic N) is 1. The molecule has 2 rings (SSSR count). The van der Waals surface area contributed by atoms with Crippen LogP contribution in [0.3, 0.4) is 0 Å². The summed E-state index contributed by atoms with van der Waals surface area (Å²) < 4.78 is 0. The minimum Gasteiger partial charge on any atom is -0.335 e. The fourth-order valence-electron chi connectivity index (χ4n) is 2.96. The van der Waals surface area contributed by atoms with E-state index in [1.54, 1.807) is 0 Å². The topological polar surface area (TPSA) is 32.3 Å². The summed E-state index contributed by atoms with van der Waals surface area (Å²) in [6.07, 6.45) is 6.08. The summed E-state index contributed by atoms with van der Waals surface area (Å²) in [6, 6.07) is 0.570. The summed E-state index contributed by atoms with van der Waals surface area (Å²) in [6.45, 7) is 6.47. The van der Waals surface area contributed by atoms with Gasteiger partial charge < -0.3 is 10.2 Å². The first-order chi connectivity index (χ1) is 7.68. The van der Waals surface area contributed by atoms with Crippen LogP contribution in [0.4, 0.5) is 4.79 Å². The highest BCUT2D eigenvalue weighted by atomic mass is 16.2. The van der Waals surface area contributed by atoms with Crippen LogP contribution in [0.2, 0.25) is 0 Å². The van der Waals surface area contributed by atoms with Crippen LogP contribution in [-0.2, 0) is 0 Å². The second-order valence-electron chi connectivity index (χ2n) is 5.52. The zero-order chi connectivity index (χ0) is 11.5. The average Bonchev–Trinajstić information content (AvgIpc) is 2.78. The molecule has 3 atom stereocenters. The molecule has 3 nitrogen and oxygen atoms in total. The minimum atomic E-state index is 0.170. The van der Waals surface area contributed by atoms with E-state index in [4.69, 9.17) is 0 Å². The number of hydrogen-bond donors (Lipinski definition) is 1. The van der Waals surface area contributed by atoms with Crippen molar-refractivity contribution in [1.29, 1.82) is 0 Å². The third-order valence-electron chi connectivity index (χ3n) is 4.41. The standard InChI is InChI=1S/C13H24N2O/c1-10-6-5-7-12(11(10)2)14-13(16)15-8-3-4-9-15/h10-12H,3-9H2,1-2H3,(H,14,16). The lowest BCUT2D eigenvalue weighted by atomic mass is 9.78. The molecule has 1 saturated carbocycles. The molecule has 2 amide bonds. The van der Waals surface area contributed by atoms with Crippen molar-refractivity contribution in [1.82, 2.24) is 10.2 Å². The van der Waals surface area contributed by atoms with E-state index in [-0.39, 0.29) is 6.03 Å². The van der Waals surface area contributed by atoms with E-state index in [0.717, 1.165) is 25.4 Å². The number of hydrogen-bond acceptors (Lipinski definition) is 1. The lowest BCUT2D eigenvalue weighted by Gasteiger charge is -2.35. The molecule has 2 aliphatic rings. The molecule has 1 aliphatic heterocycles. The number of carbonyl (C=O) groups is 1. The monoisotopic (exact) mass is 224 g/mol. The van der Waals surface area contributed by atoms with Crippen molar-refractivity contribution < 1.29 is 4.79 Å². The van der Waals surface area contributed by atoms with Crippen molar-refractivity contribution in [2.75, 3.05) is 13.1 Å². The Labute approximate surface area is 98.6 Å². The Balaban J connectivity index is 1.85. The van der Waals surface area contributed by atoms with Gasteiger partial charge in [0.05, 0.1) is 0 Å². The molecular weight excluding hydrogens is 200 g/mol. The highest BCUT2D eigenvalue weighted by Gasteiger charge is 2.29. The van der Waals surface area contributed by atoms with Gasteiger partial charge in [-0.05, 0) is 31.1 Å². The number of urea groups is 1. The first kappa shape index (κ1) is 11.7. The number of carbonyl (C=O) groups excluding carboxylic acids is 1. The molecule has 3 heteroatoms. The quantitative estimate of drug-likeness (QED) is 0.729. The molecular formula is C13H24N2O. The number of amides is 2. The maximum absolute atomic E-state index is 12.0. The summed E-state index contributed by atoms with van der Waals surface area (Å²) in [5.41, 5.74) is 0. The second kappa shape index (κ2) is 5.07. The van der Waals surface area contributed by atoms with Crippen molar-refractivity contribution in [3.05, 3.63) is 0 Å². The van der Waals surface area contributed by atoms with E-state index in [9.17, 15) is 4.79 Å². The average molecular weight is 224 g/mol. The van der Waals surface area contributed by atoms with Gasteiger partial charge in [-0.15, -0.1) is 0 Å². The SMILES string of the molecule is CC1CCCC(NC(=O)N2CCCC2)C1C. The largest absolute Gasteiger partial charge is 0.335 e. The van der Waals surface area contributed by atoms with Gasteiger partial charge >= 0.3 is 6.03 Å². The number of nitrogens with one attached hydrogen (secondary N) is 1. The molecule has 3 unspecified atom stereocenters. The summed E-state index contributed by atoms with van der Waals surface area (Å²) in [5, 5.41) is 3.23. The predicted octanol–water partition coefficient (Wildman–Crippen LogP) is 2.62. The highest BCUT2D eigenvalue weighted by molar-refractivity contribution is 5.74. The summed E-state index contributed by atoms with van der Waals surface area (Å²) in [5.74, 6) is 1.37. The van der Waals surface area contributed by atoms with E-state index in [0.29, 0.717) is 12.0 Å². The fraction of sp³-hybridized carbons (Fsp3) is 0.923. The maximum atomic E-state index is 12.0. The molecule has 92 valence electrons. The highest BCUT2D eigenvalue weighted by Crippen LogP contribution is 2.29. The van der Waals surface area contributed by atoms with Crippen molar-refractivity contribution in [2.45, 2.75) is 52.0 Å². The smallest absolute Gasteiger partial charge is 0.317 e. The summed E-state index contributed by atoms with van der Waals surface area (Å²) in [7, 11) is 0. The Morgan fingerprint density at radius 2 is 1.81 bits per heavy atom. The molecule has 1 aliphatic carbocycles. The van der Waals surface area contributed by atoms with Crippen LogP contribution in [-0.4, -0.2) is 30.1 Å². The second-order valence-corrected chi connectivity index (χ2v) is 5.52. The number of rotatable bonds is 1. The molecule has 16 heavy (non-hydrogen) atoms. The van der Waals surface area contributed by atoms with Crippen LogP contribution in [0.1, 0.15) is 46.0 Å². The van der Waals surface area contributed by atoms with E-state index >= 15 is 0 Å². The van der Waals surface area contributed by atoms with Gasteiger partial charge in [0, 0.05) is 19.1 Å². The predicted molar refractivity (Wildman–Crippen MR) is 65.3 cm³/mol. The van der Waals surface area contributed by atoms with Crippen LogP contribution < -0.4 is 5.32 Å². The van der Waals surface area contributed by atoms with E-state index in [1.165, 1.54) is 25.7 Å². The molecule has 1 saturated heterocycles. The minimum absolute atomic E-state index is 0.170. The first-order valence-electron chi connectivity index (χ1n) is 6.74. The van der Waals surface area contributed by atoms with E-state index in [2.05, 4.69) is 19.2 Å². The van der Waals surface area contributed by atoms with Gasteiger partial charge in [0.2, 0.25) is 0 Å². The molecule has 1 heterocycles. The third-order valence-corrected chi connectivity index (χ3v) is 4.41. The summed E-state index contributed by atoms with van der Waals surface area (Å²) >= 11 is 0. The van der Waals surface area contributed by atoms with Gasteiger partial charge in [0.25, 0.3) is 0 Å². The molecule has 0 aromatic rings. The van der Waals surface area contributed by atoms with Crippen molar-refractivity contribution >= 4 is 6.03 Å².